The molecule has 4 nitrogen and oxygen atoms in total. The highest BCUT2D eigenvalue weighted by Crippen LogP contribution is 2.25. The summed E-state index contributed by atoms with van der Waals surface area (Å²) in [6, 6.07) is 5.32. The molecule has 0 amide bonds. The first kappa shape index (κ1) is 13.3. The van der Waals surface area contributed by atoms with Gasteiger partial charge in [0.2, 0.25) is 0 Å². The molecule has 0 bridgehead atoms. The molecule has 18 heavy (non-hydrogen) atoms. The highest BCUT2D eigenvalue weighted by Gasteiger charge is 2.24. The second-order valence-corrected chi connectivity index (χ2v) is 4.88. The number of phenolic OH excluding ortho intramolecular Hbond substituents is 1. The summed E-state index contributed by atoms with van der Waals surface area (Å²) < 4.78 is 5.31. The van der Waals surface area contributed by atoms with E-state index in [1.54, 1.807) is 12.1 Å². The molecule has 1 saturated heterocycles. The second-order valence-electron chi connectivity index (χ2n) is 4.88. The van der Waals surface area contributed by atoms with Crippen LogP contribution in [0.2, 0.25) is 0 Å². The van der Waals surface area contributed by atoms with E-state index in [1.807, 2.05) is 19.9 Å². The molecule has 2 unspecified atom stereocenters. The van der Waals surface area contributed by atoms with Crippen LogP contribution in [0.4, 0.5) is 0 Å². The van der Waals surface area contributed by atoms with Gasteiger partial charge in [0.15, 0.2) is 0 Å². The number of aryl methyl sites for hydroxylation is 1. The average Bonchev–Trinajstić information content (AvgIpc) is 2.41. The van der Waals surface area contributed by atoms with Gasteiger partial charge in [0.1, 0.15) is 5.75 Å². The summed E-state index contributed by atoms with van der Waals surface area (Å²) in [6.07, 6.45) is -0.539. The van der Waals surface area contributed by atoms with Crippen molar-refractivity contribution < 1.29 is 14.9 Å². The van der Waals surface area contributed by atoms with Crippen LogP contribution in [-0.4, -0.2) is 47.5 Å². The summed E-state index contributed by atoms with van der Waals surface area (Å²) in [5, 5.41) is 19.9. The zero-order valence-electron chi connectivity index (χ0n) is 11.0. The monoisotopic (exact) mass is 251 g/mol. The number of nitrogens with zero attached hydrogens (tertiary/aromatic N) is 1. The summed E-state index contributed by atoms with van der Waals surface area (Å²) >= 11 is 0. The van der Waals surface area contributed by atoms with E-state index in [0.29, 0.717) is 0 Å². The predicted octanol–water partition coefficient (Wildman–Crippen LogP) is 1.45. The number of hydrogen-bond acceptors (Lipinski definition) is 4. The average molecular weight is 251 g/mol. The quantitative estimate of drug-likeness (QED) is 0.854. The maximum Gasteiger partial charge on any atom is 0.118 e. The van der Waals surface area contributed by atoms with Crippen LogP contribution in [0.3, 0.4) is 0 Å². The van der Waals surface area contributed by atoms with Crippen molar-refractivity contribution >= 4 is 0 Å². The summed E-state index contributed by atoms with van der Waals surface area (Å²) in [4.78, 5) is 2.23. The van der Waals surface area contributed by atoms with Gasteiger partial charge in [0, 0.05) is 19.1 Å². The molecule has 0 spiro atoms. The van der Waals surface area contributed by atoms with E-state index in [4.69, 9.17) is 4.74 Å². The lowest BCUT2D eigenvalue weighted by Crippen LogP contribution is -2.44. The number of aliphatic hydroxyl groups is 1. The zero-order chi connectivity index (χ0) is 13.1. The molecule has 4 heteroatoms. The first-order valence-corrected chi connectivity index (χ1v) is 6.39. The fourth-order valence-corrected chi connectivity index (χ4v) is 2.33. The number of rotatable bonds is 3. The topological polar surface area (TPSA) is 52.9 Å². The van der Waals surface area contributed by atoms with Gasteiger partial charge in [0.05, 0.1) is 19.3 Å². The van der Waals surface area contributed by atoms with Crippen LogP contribution in [0.25, 0.3) is 0 Å². The number of morpholine rings is 1. The van der Waals surface area contributed by atoms with E-state index in [0.717, 1.165) is 37.4 Å². The Morgan fingerprint density at radius 3 is 2.56 bits per heavy atom. The number of ether oxygens (including phenoxy) is 1. The Balaban J connectivity index is 2.09. The first-order chi connectivity index (χ1) is 8.59. The van der Waals surface area contributed by atoms with Crippen molar-refractivity contribution in [3.63, 3.8) is 0 Å². The maximum absolute atomic E-state index is 10.4. The van der Waals surface area contributed by atoms with E-state index >= 15 is 0 Å². The summed E-state index contributed by atoms with van der Waals surface area (Å²) in [5.41, 5.74) is 1.64. The van der Waals surface area contributed by atoms with Crippen LogP contribution < -0.4 is 0 Å². The molecule has 2 rings (SSSR count). The molecule has 0 aromatic heterocycles. The standard InChI is InChI=1S/C14H21NO3/c1-10-9-12(3-4-13(10)16)14(17)11(2)15-5-7-18-8-6-15/h3-4,9,11,14,16-17H,5-8H2,1-2H3. The lowest BCUT2D eigenvalue weighted by atomic mass is 10.00. The van der Waals surface area contributed by atoms with Gasteiger partial charge in [-0.3, -0.25) is 4.90 Å². The molecule has 1 aliphatic heterocycles. The highest BCUT2D eigenvalue weighted by atomic mass is 16.5. The van der Waals surface area contributed by atoms with Crippen LogP contribution in [0.15, 0.2) is 18.2 Å². The van der Waals surface area contributed by atoms with E-state index in [-0.39, 0.29) is 11.8 Å². The smallest absolute Gasteiger partial charge is 0.118 e. The Kier molecular flexibility index (Phi) is 4.22. The maximum atomic E-state index is 10.4. The van der Waals surface area contributed by atoms with Gasteiger partial charge < -0.3 is 14.9 Å². The largest absolute Gasteiger partial charge is 0.508 e. The number of hydrogen-bond donors (Lipinski definition) is 2. The van der Waals surface area contributed by atoms with Gasteiger partial charge in [-0.15, -0.1) is 0 Å². The molecule has 1 aromatic carbocycles. The molecule has 0 aliphatic carbocycles. The fourth-order valence-electron chi connectivity index (χ4n) is 2.33. The predicted molar refractivity (Wildman–Crippen MR) is 69.7 cm³/mol. The van der Waals surface area contributed by atoms with Gasteiger partial charge in [-0.25, -0.2) is 0 Å². The molecule has 1 heterocycles. The van der Waals surface area contributed by atoms with Crippen LogP contribution >= 0.6 is 0 Å². The van der Waals surface area contributed by atoms with Crippen LogP contribution in [0.1, 0.15) is 24.2 Å². The number of phenols is 1. The lowest BCUT2D eigenvalue weighted by molar-refractivity contribution is -0.0166. The molecule has 1 aromatic rings. The van der Waals surface area contributed by atoms with Crippen LogP contribution in [0, 0.1) is 6.92 Å². The molecular formula is C14H21NO3. The molecule has 2 atom stereocenters. The van der Waals surface area contributed by atoms with Crippen molar-refractivity contribution in [3.05, 3.63) is 29.3 Å². The number of aromatic hydroxyl groups is 1. The first-order valence-electron chi connectivity index (χ1n) is 6.39. The summed E-state index contributed by atoms with van der Waals surface area (Å²) in [5.74, 6) is 0.268. The Morgan fingerprint density at radius 2 is 1.94 bits per heavy atom. The van der Waals surface area contributed by atoms with Gasteiger partial charge in [0.25, 0.3) is 0 Å². The Morgan fingerprint density at radius 1 is 1.28 bits per heavy atom. The molecular weight excluding hydrogens is 230 g/mol. The minimum atomic E-state index is -0.539. The normalized spacial score (nSPS) is 20.6. The van der Waals surface area contributed by atoms with Crippen molar-refractivity contribution in [2.75, 3.05) is 26.3 Å². The zero-order valence-corrected chi connectivity index (χ0v) is 11.0. The summed E-state index contributed by atoms with van der Waals surface area (Å²) in [7, 11) is 0. The molecule has 2 N–H and O–H groups in total. The van der Waals surface area contributed by atoms with Crippen molar-refractivity contribution in [1.29, 1.82) is 0 Å². The van der Waals surface area contributed by atoms with E-state index < -0.39 is 6.10 Å². The van der Waals surface area contributed by atoms with Gasteiger partial charge in [-0.1, -0.05) is 6.07 Å². The van der Waals surface area contributed by atoms with Crippen molar-refractivity contribution in [1.82, 2.24) is 4.90 Å². The van der Waals surface area contributed by atoms with Crippen molar-refractivity contribution in [3.8, 4) is 5.75 Å². The third-order valence-corrected chi connectivity index (χ3v) is 3.64. The Labute approximate surface area is 108 Å². The Hall–Kier alpha value is -1.10. The number of aliphatic hydroxyl groups excluding tert-OH is 1. The third-order valence-electron chi connectivity index (χ3n) is 3.64. The highest BCUT2D eigenvalue weighted by molar-refractivity contribution is 5.36. The molecule has 1 fully saturated rings. The molecule has 0 radical (unpaired) electrons. The van der Waals surface area contributed by atoms with E-state index in [1.165, 1.54) is 0 Å². The molecule has 0 saturated carbocycles. The van der Waals surface area contributed by atoms with Gasteiger partial charge in [-0.2, -0.15) is 0 Å². The molecule has 1 aliphatic rings. The lowest BCUT2D eigenvalue weighted by Gasteiger charge is -2.35. The molecule has 100 valence electrons. The minimum Gasteiger partial charge on any atom is -0.508 e. The SMILES string of the molecule is Cc1cc(C(O)C(C)N2CCOCC2)ccc1O. The van der Waals surface area contributed by atoms with E-state index in [9.17, 15) is 10.2 Å². The van der Waals surface area contributed by atoms with Crippen molar-refractivity contribution in [2.45, 2.75) is 26.0 Å². The van der Waals surface area contributed by atoms with Crippen molar-refractivity contribution in [2.24, 2.45) is 0 Å². The summed E-state index contributed by atoms with van der Waals surface area (Å²) in [6.45, 7) is 7.03. The van der Waals surface area contributed by atoms with Gasteiger partial charge in [-0.05, 0) is 37.1 Å². The van der Waals surface area contributed by atoms with E-state index in [2.05, 4.69) is 4.90 Å². The van der Waals surface area contributed by atoms with Crippen LogP contribution in [-0.2, 0) is 4.74 Å². The fraction of sp³-hybridized carbons (Fsp3) is 0.571. The van der Waals surface area contributed by atoms with Crippen LogP contribution in [0.5, 0.6) is 5.75 Å². The minimum absolute atomic E-state index is 0.0536. The number of benzene rings is 1. The van der Waals surface area contributed by atoms with Gasteiger partial charge >= 0.3 is 0 Å². The second kappa shape index (κ2) is 5.69. The Bertz CT molecular complexity index is 402. The third kappa shape index (κ3) is 2.83.